The first-order chi connectivity index (χ1) is 9.15. The number of aryl methyl sites for hydroxylation is 1. The first-order valence-electron chi connectivity index (χ1n) is 6.93. The number of benzene rings is 1. The van der Waals surface area contributed by atoms with Crippen LogP contribution in [0.25, 0.3) is 16.5 Å². The summed E-state index contributed by atoms with van der Waals surface area (Å²) in [6.45, 7) is 3.13. The maximum atomic E-state index is 6.16. The molecule has 0 saturated carbocycles. The van der Waals surface area contributed by atoms with E-state index < -0.39 is 0 Å². The summed E-state index contributed by atoms with van der Waals surface area (Å²) in [5.41, 5.74) is 13.0. The Balaban J connectivity index is 2.04. The molecular weight excluding hydrogens is 234 g/mol. The molecule has 2 heterocycles. The van der Waals surface area contributed by atoms with E-state index in [4.69, 9.17) is 5.73 Å². The summed E-state index contributed by atoms with van der Waals surface area (Å²) in [5, 5.41) is 1.41. The molecule has 98 valence electrons. The molecule has 0 spiro atoms. The van der Waals surface area contributed by atoms with E-state index in [-0.39, 0.29) is 6.04 Å². The van der Waals surface area contributed by atoms with Crippen LogP contribution in [0.1, 0.15) is 16.8 Å². The van der Waals surface area contributed by atoms with Gasteiger partial charge in [0.1, 0.15) is 0 Å². The minimum absolute atomic E-state index is 0.146. The Morgan fingerprint density at radius 1 is 1.37 bits per heavy atom. The van der Waals surface area contributed by atoms with Crippen molar-refractivity contribution in [2.45, 2.75) is 25.4 Å². The lowest BCUT2D eigenvalue weighted by Crippen LogP contribution is -2.47. The quantitative estimate of drug-likeness (QED) is 0.755. The van der Waals surface area contributed by atoms with Gasteiger partial charge in [-0.15, -0.1) is 0 Å². The molecule has 19 heavy (non-hydrogen) atoms. The first kappa shape index (κ1) is 11.3. The molecule has 0 amide bonds. The Kier molecular flexibility index (Phi) is 2.20. The highest BCUT2D eigenvalue weighted by atomic mass is 15.2. The Morgan fingerprint density at radius 3 is 3.05 bits per heavy atom. The lowest BCUT2D eigenvalue weighted by Gasteiger charge is -2.39. The standard InChI is InChI=1S/C16H19N3/c1-9-12-7-15-13(6-10(17)8-19(15)2)11-4-3-5-14(18-9)16(11)12/h3-6,10,15,18H,7-8,17H2,1-2H3/t10?,15-/m1/s1. The zero-order valence-corrected chi connectivity index (χ0v) is 11.4. The Hall–Kier alpha value is -1.58. The monoisotopic (exact) mass is 253 g/mol. The highest BCUT2D eigenvalue weighted by Gasteiger charge is 2.33. The van der Waals surface area contributed by atoms with Crippen molar-refractivity contribution in [2.75, 3.05) is 13.6 Å². The summed E-state index contributed by atoms with van der Waals surface area (Å²) in [5.74, 6) is 0. The number of H-pyrrole nitrogens is 1. The third kappa shape index (κ3) is 1.46. The van der Waals surface area contributed by atoms with Crippen LogP contribution in [0.3, 0.4) is 0 Å². The smallest absolute Gasteiger partial charge is 0.0465 e. The molecule has 1 aromatic heterocycles. The van der Waals surface area contributed by atoms with Crippen molar-refractivity contribution in [2.24, 2.45) is 5.73 Å². The fourth-order valence-electron chi connectivity index (χ4n) is 3.76. The molecule has 3 N–H and O–H groups in total. The van der Waals surface area contributed by atoms with Gasteiger partial charge in [-0.2, -0.15) is 0 Å². The van der Waals surface area contributed by atoms with E-state index in [1.807, 2.05) is 0 Å². The average molecular weight is 253 g/mol. The zero-order chi connectivity index (χ0) is 13.1. The van der Waals surface area contributed by atoms with Crippen molar-refractivity contribution in [3.63, 3.8) is 0 Å². The normalized spacial score (nSPS) is 26.4. The number of rotatable bonds is 0. The van der Waals surface area contributed by atoms with Crippen molar-refractivity contribution in [3.8, 4) is 0 Å². The van der Waals surface area contributed by atoms with Crippen molar-refractivity contribution >= 4 is 16.5 Å². The van der Waals surface area contributed by atoms with Gasteiger partial charge in [0.2, 0.25) is 0 Å². The highest BCUT2D eigenvalue weighted by molar-refractivity contribution is 5.99. The average Bonchev–Trinajstić information content (AvgIpc) is 2.69. The third-order valence-electron chi connectivity index (χ3n) is 4.63. The van der Waals surface area contributed by atoms with Gasteiger partial charge in [-0.25, -0.2) is 0 Å². The minimum atomic E-state index is 0.146. The lowest BCUT2D eigenvalue weighted by atomic mass is 9.80. The number of fused-ring (bicyclic) bond motifs is 2. The van der Waals surface area contributed by atoms with Crippen LogP contribution in [0.2, 0.25) is 0 Å². The molecule has 2 aliphatic rings. The number of nitrogens with zero attached hydrogens (tertiary/aromatic N) is 1. The molecule has 2 aromatic rings. The minimum Gasteiger partial charge on any atom is -0.358 e. The molecule has 1 aliphatic heterocycles. The van der Waals surface area contributed by atoms with Gasteiger partial charge in [-0.05, 0) is 43.2 Å². The largest absolute Gasteiger partial charge is 0.358 e. The van der Waals surface area contributed by atoms with E-state index in [0.717, 1.165) is 13.0 Å². The van der Waals surface area contributed by atoms with Crippen molar-refractivity contribution in [3.05, 3.63) is 41.1 Å². The second kappa shape index (κ2) is 3.71. The topological polar surface area (TPSA) is 45.1 Å². The number of hydrogen-bond donors (Lipinski definition) is 2. The number of likely N-dealkylation sites (N-methyl/N-ethyl adjacent to an activating group) is 1. The maximum Gasteiger partial charge on any atom is 0.0465 e. The van der Waals surface area contributed by atoms with Crippen molar-refractivity contribution in [1.82, 2.24) is 9.88 Å². The molecule has 3 nitrogen and oxygen atoms in total. The Labute approximate surface area is 113 Å². The van der Waals surface area contributed by atoms with Crippen molar-refractivity contribution < 1.29 is 0 Å². The summed E-state index contributed by atoms with van der Waals surface area (Å²) in [4.78, 5) is 5.91. The second-order valence-electron chi connectivity index (χ2n) is 5.90. The van der Waals surface area contributed by atoms with Crippen LogP contribution >= 0.6 is 0 Å². The van der Waals surface area contributed by atoms with Gasteiger partial charge in [0.15, 0.2) is 0 Å². The molecule has 3 heteroatoms. The van der Waals surface area contributed by atoms with E-state index >= 15 is 0 Å². The van der Waals surface area contributed by atoms with Crippen LogP contribution in [0.4, 0.5) is 0 Å². The van der Waals surface area contributed by atoms with E-state index in [1.165, 1.54) is 33.3 Å². The fraction of sp³-hybridized carbons (Fsp3) is 0.375. The molecule has 1 aromatic carbocycles. The van der Waals surface area contributed by atoms with Crippen LogP contribution in [0.5, 0.6) is 0 Å². The Morgan fingerprint density at radius 2 is 2.21 bits per heavy atom. The van der Waals surface area contributed by atoms with Gasteiger partial charge >= 0.3 is 0 Å². The summed E-state index contributed by atoms with van der Waals surface area (Å²) in [6.07, 6.45) is 3.36. The third-order valence-corrected chi connectivity index (χ3v) is 4.63. The predicted octanol–water partition coefficient (Wildman–Crippen LogP) is 2.06. The number of aromatic amines is 1. The number of hydrogen-bond acceptors (Lipinski definition) is 2. The van der Waals surface area contributed by atoms with Crippen molar-refractivity contribution in [1.29, 1.82) is 0 Å². The predicted molar refractivity (Wildman–Crippen MR) is 79.1 cm³/mol. The molecule has 0 radical (unpaired) electrons. The van der Waals surface area contributed by atoms with Crippen LogP contribution in [-0.2, 0) is 6.42 Å². The molecular formula is C16H19N3. The molecule has 4 rings (SSSR count). The molecule has 1 unspecified atom stereocenters. The van der Waals surface area contributed by atoms with Gasteiger partial charge in [-0.1, -0.05) is 18.2 Å². The number of nitrogens with two attached hydrogens (primary N) is 1. The van der Waals surface area contributed by atoms with E-state index in [1.54, 1.807) is 0 Å². The van der Waals surface area contributed by atoms with Crippen LogP contribution < -0.4 is 5.73 Å². The van der Waals surface area contributed by atoms with E-state index in [2.05, 4.69) is 48.1 Å². The molecule has 2 atom stereocenters. The summed E-state index contributed by atoms with van der Waals surface area (Å²) in [7, 11) is 2.19. The first-order valence-corrected chi connectivity index (χ1v) is 6.93. The zero-order valence-electron chi connectivity index (χ0n) is 11.4. The van der Waals surface area contributed by atoms with Gasteiger partial charge in [0.25, 0.3) is 0 Å². The van der Waals surface area contributed by atoms with Gasteiger partial charge in [0.05, 0.1) is 0 Å². The summed E-state index contributed by atoms with van der Waals surface area (Å²) >= 11 is 0. The molecule has 0 fully saturated rings. The number of aromatic nitrogens is 1. The van der Waals surface area contributed by atoms with E-state index in [9.17, 15) is 0 Å². The number of nitrogens with one attached hydrogen (secondary N) is 1. The molecule has 0 bridgehead atoms. The van der Waals surface area contributed by atoms with Crippen LogP contribution in [0.15, 0.2) is 24.3 Å². The lowest BCUT2D eigenvalue weighted by molar-refractivity contribution is 0.268. The second-order valence-corrected chi connectivity index (χ2v) is 5.90. The molecule has 0 saturated heterocycles. The highest BCUT2D eigenvalue weighted by Crippen LogP contribution is 2.40. The fourth-order valence-corrected chi connectivity index (χ4v) is 3.76. The van der Waals surface area contributed by atoms with Gasteiger partial charge < -0.3 is 10.7 Å². The van der Waals surface area contributed by atoms with Gasteiger partial charge in [0, 0.05) is 35.2 Å². The van der Waals surface area contributed by atoms with Crippen LogP contribution in [-0.4, -0.2) is 35.6 Å². The van der Waals surface area contributed by atoms with E-state index in [0.29, 0.717) is 6.04 Å². The van der Waals surface area contributed by atoms with Gasteiger partial charge in [-0.3, -0.25) is 4.90 Å². The SMILES string of the molecule is Cc1[nH]c2cccc3c2c1C[C@@H]1C3=CC(N)CN1C. The van der Waals surface area contributed by atoms with Crippen LogP contribution in [0, 0.1) is 6.92 Å². The maximum absolute atomic E-state index is 6.16. The molecule has 1 aliphatic carbocycles. The summed E-state index contributed by atoms with van der Waals surface area (Å²) < 4.78 is 0. The summed E-state index contributed by atoms with van der Waals surface area (Å²) in [6, 6.07) is 7.17. The Bertz CT molecular complexity index is 695.